The lowest BCUT2D eigenvalue weighted by Crippen LogP contribution is -2.11. The minimum absolute atomic E-state index is 0.312. The molecule has 3 rings (SSSR count). The fraction of sp³-hybridized carbons (Fsp3) is 0.250. The average molecular weight is 301 g/mol. The van der Waals surface area contributed by atoms with E-state index in [-0.39, 0.29) is 0 Å². The Hall–Kier alpha value is -2.07. The van der Waals surface area contributed by atoms with E-state index in [1.807, 2.05) is 36.4 Å². The summed E-state index contributed by atoms with van der Waals surface area (Å²) in [7, 11) is 0. The van der Waals surface area contributed by atoms with Crippen LogP contribution in [0.2, 0.25) is 5.02 Å². The minimum Gasteiger partial charge on any atom is -0.378 e. The Morgan fingerprint density at radius 1 is 1.19 bits per heavy atom. The van der Waals surface area contributed by atoms with Gasteiger partial charge in [-0.25, -0.2) is 9.97 Å². The molecule has 2 aromatic heterocycles. The van der Waals surface area contributed by atoms with Crippen LogP contribution in [0, 0.1) is 0 Å². The standard InChI is InChI=1S/C16H17ClN4/c1-11(2)21-15(20-14-4-3-9-18-16(14)21)10-19-13-7-5-12(17)6-8-13/h3-9,11,19H,10H2,1-2H3. The third-order valence-corrected chi connectivity index (χ3v) is 3.59. The highest BCUT2D eigenvalue weighted by Crippen LogP contribution is 2.20. The van der Waals surface area contributed by atoms with E-state index in [9.17, 15) is 0 Å². The second-order valence-electron chi connectivity index (χ2n) is 5.20. The van der Waals surface area contributed by atoms with Crippen molar-refractivity contribution in [2.75, 3.05) is 5.32 Å². The van der Waals surface area contributed by atoms with Crippen molar-refractivity contribution in [1.29, 1.82) is 0 Å². The van der Waals surface area contributed by atoms with Crippen LogP contribution in [0.5, 0.6) is 0 Å². The van der Waals surface area contributed by atoms with Crippen molar-refractivity contribution in [3.05, 3.63) is 53.4 Å². The van der Waals surface area contributed by atoms with Crippen molar-refractivity contribution in [1.82, 2.24) is 14.5 Å². The van der Waals surface area contributed by atoms with E-state index in [4.69, 9.17) is 11.6 Å². The van der Waals surface area contributed by atoms with Gasteiger partial charge in [0.2, 0.25) is 0 Å². The maximum absolute atomic E-state index is 5.90. The van der Waals surface area contributed by atoms with E-state index in [0.717, 1.165) is 27.7 Å². The molecule has 2 heterocycles. The number of hydrogen-bond acceptors (Lipinski definition) is 3. The van der Waals surface area contributed by atoms with E-state index in [0.29, 0.717) is 12.6 Å². The fourth-order valence-corrected chi connectivity index (χ4v) is 2.52. The van der Waals surface area contributed by atoms with Gasteiger partial charge in [0.15, 0.2) is 5.65 Å². The Morgan fingerprint density at radius 2 is 1.95 bits per heavy atom. The van der Waals surface area contributed by atoms with Gasteiger partial charge in [-0.05, 0) is 50.2 Å². The molecule has 21 heavy (non-hydrogen) atoms. The van der Waals surface area contributed by atoms with Gasteiger partial charge in [0, 0.05) is 22.9 Å². The Balaban J connectivity index is 1.89. The van der Waals surface area contributed by atoms with Crippen molar-refractivity contribution in [2.24, 2.45) is 0 Å². The number of nitrogens with one attached hydrogen (secondary N) is 1. The van der Waals surface area contributed by atoms with Crippen LogP contribution >= 0.6 is 11.6 Å². The van der Waals surface area contributed by atoms with Crippen molar-refractivity contribution >= 4 is 28.5 Å². The summed E-state index contributed by atoms with van der Waals surface area (Å²) >= 11 is 5.90. The molecule has 108 valence electrons. The fourth-order valence-electron chi connectivity index (χ4n) is 2.39. The van der Waals surface area contributed by atoms with Crippen LogP contribution in [0.3, 0.4) is 0 Å². The van der Waals surface area contributed by atoms with Crippen molar-refractivity contribution in [3.8, 4) is 0 Å². The van der Waals surface area contributed by atoms with E-state index < -0.39 is 0 Å². The van der Waals surface area contributed by atoms with Crippen LogP contribution in [0.15, 0.2) is 42.6 Å². The molecule has 0 aliphatic heterocycles. The van der Waals surface area contributed by atoms with Crippen molar-refractivity contribution in [3.63, 3.8) is 0 Å². The van der Waals surface area contributed by atoms with Crippen LogP contribution in [0.1, 0.15) is 25.7 Å². The van der Waals surface area contributed by atoms with Crippen LogP contribution in [-0.4, -0.2) is 14.5 Å². The van der Waals surface area contributed by atoms with Gasteiger partial charge in [0.25, 0.3) is 0 Å². The molecule has 5 heteroatoms. The summed E-state index contributed by atoms with van der Waals surface area (Å²) in [5.74, 6) is 0.980. The lowest BCUT2D eigenvalue weighted by atomic mass is 10.3. The third kappa shape index (κ3) is 2.85. The largest absolute Gasteiger partial charge is 0.378 e. The first-order valence-electron chi connectivity index (χ1n) is 6.96. The van der Waals surface area contributed by atoms with Gasteiger partial charge in [-0.15, -0.1) is 0 Å². The molecule has 0 unspecified atom stereocenters. The molecule has 0 spiro atoms. The zero-order valence-electron chi connectivity index (χ0n) is 12.0. The van der Waals surface area contributed by atoms with Gasteiger partial charge in [0.05, 0.1) is 6.54 Å². The van der Waals surface area contributed by atoms with Crippen molar-refractivity contribution in [2.45, 2.75) is 26.4 Å². The number of benzene rings is 1. The zero-order chi connectivity index (χ0) is 14.8. The van der Waals surface area contributed by atoms with E-state index in [1.165, 1.54) is 0 Å². The summed E-state index contributed by atoms with van der Waals surface area (Å²) in [6, 6.07) is 11.9. The average Bonchev–Trinajstić information content (AvgIpc) is 2.85. The molecule has 0 fully saturated rings. The first-order valence-corrected chi connectivity index (χ1v) is 7.34. The molecule has 0 aliphatic carbocycles. The number of hydrogen-bond donors (Lipinski definition) is 1. The van der Waals surface area contributed by atoms with Crippen molar-refractivity contribution < 1.29 is 0 Å². The van der Waals surface area contributed by atoms with Gasteiger partial charge in [-0.1, -0.05) is 11.6 Å². The summed E-state index contributed by atoms with van der Waals surface area (Å²) in [6.45, 7) is 4.93. The van der Waals surface area contributed by atoms with E-state index >= 15 is 0 Å². The smallest absolute Gasteiger partial charge is 0.160 e. The van der Waals surface area contributed by atoms with E-state index in [2.05, 4.69) is 33.7 Å². The topological polar surface area (TPSA) is 42.7 Å². The van der Waals surface area contributed by atoms with Crippen LogP contribution in [0.4, 0.5) is 5.69 Å². The molecule has 0 saturated heterocycles. The number of rotatable bonds is 4. The molecule has 1 N–H and O–H groups in total. The quantitative estimate of drug-likeness (QED) is 0.782. The summed E-state index contributed by atoms with van der Waals surface area (Å²) in [5.41, 5.74) is 2.88. The monoisotopic (exact) mass is 300 g/mol. The molecule has 0 saturated carbocycles. The number of nitrogens with zero attached hydrogens (tertiary/aromatic N) is 3. The highest BCUT2D eigenvalue weighted by atomic mass is 35.5. The Labute approximate surface area is 128 Å². The number of halogens is 1. The maximum atomic E-state index is 5.90. The lowest BCUT2D eigenvalue weighted by Gasteiger charge is -2.13. The Morgan fingerprint density at radius 3 is 2.67 bits per heavy atom. The summed E-state index contributed by atoms with van der Waals surface area (Å²) < 4.78 is 2.16. The number of imidazole rings is 1. The van der Waals surface area contributed by atoms with E-state index in [1.54, 1.807) is 6.20 Å². The van der Waals surface area contributed by atoms with Gasteiger partial charge >= 0.3 is 0 Å². The molecule has 0 radical (unpaired) electrons. The second-order valence-corrected chi connectivity index (χ2v) is 5.63. The minimum atomic E-state index is 0.312. The van der Waals surface area contributed by atoms with Gasteiger partial charge < -0.3 is 9.88 Å². The number of aromatic nitrogens is 3. The summed E-state index contributed by atoms with van der Waals surface area (Å²) in [5, 5.41) is 4.11. The molecule has 0 amide bonds. The molecule has 3 aromatic rings. The molecule has 0 aliphatic rings. The molecule has 0 atom stereocenters. The van der Waals surface area contributed by atoms with Gasteiger partial charge in [-0.3, -0.25) is 0 Å². The Kier molecular flexibility index (Phi) is 3.80. The number of fused-ring (bicyclic) bond motifs is 1. The lowest BCUT2D eigenvalue weighted by molar-refractivity contribution is 0.585. The van der Waals surface area contributed by atoms with Crippen LogP contribution in [-0.2, 0) is 6.54 Å². The molecular weight excluding hydrogens is 284 g/mol. The third-order valence-electron chi connectivity index (χ3n) is 3.33. The first kappa shape index (κ1) is 13.9. The molecule has 4 nitrogen and oxygen atoms in total. The molecule has 0 bridgehead atoms. The summed E-state index contributed by atoms with van der Waals surface area (Å²) in [4.78, 5) is 9.12. The first-order chi connectivity index (χ1) is 10.1. The van der Waals surface area contributed by atoms with Crippen LogP contribution in [0.25, 0.3) is 11.2 Å². The normalized spacial score (nSPS) is 11.2. The Bertz CT molecular complexity index is 747. The predicted octanol–water partition coefficient (Wildman–Crippen LogP) is 4.28. The highest BCUT2D eigenvalue weighted by Gasteiger charge is 2.13. The SMILES string of the molecule is CC(C)n1c(CNc2ccc(Cl)cc2)nc2cccnc21. The molecule has 1 aromatic carbocycles. The molecular formula is C16H17ClN4. The van der Waals surface area contributed by atoms with Gasteiger partial charge in [0.1, 0.15) is 11.3 Å². The zero-order valence-corrected chi connectivity index (χ0v) is 12.8. The number of anilines is 1. The predicted molar refractivity (Wildman–Crippen MR) is 86.7 cm³/mol. The second kappa shape index (κ2) is 5.74. The summed E-state index contributed by atoms with van der Waals surface area (Å²) in [6.07, 6.45) is 1.80. The maximum Gasteiger partial charge on any atom is 0.160 e. The highest BCUT2D eigenvalue weighted by molar-refractivity contribution is 6.30. The number of pyridine rings is 1. The van der Waals surface area contributed by atoms with Crippen LogP contribution < -0.4 is 5.32 Å². The van der Waals surface area contributed by atoms with Gasteiger partial charge in [-0.2, -0.15) is 0 Å².